The summed E-state index contributed by atoms with van der Waals surface area (Å²) < 4.78 is 24.9. The van der Waals surface area contributed by atoms with E-state index in [2.05, 4.69) is 13.8 Å². The minimum atomic E-state index is -0.446. The van der Waals surface area contributed by atoms with E-state index in [-0.39, 0.29) is 17.5 Å². The summed E-state index contributed by atoms with van der Waals surface area (Å²) in [5.74, 6) is -0.783. The maximum Gasteiger partial charge on any atom is 0.157 e. The van der Waals surface area contributed by atoms with E-state index < -0.39 is 5.92 Å². The minimum absolute atomic E-state index is 0.0338. The smallest absolute Gasteiger partial charge is 0.157 e. The van der Waals surface area contributed by atoms with Gasteiger partial charge in [-0.2, -0.15) is 0 Å². The first-order chi connectivity index (χ1) is 9.52. The van der Waals surface area contributed by atoms with Gasteiger partial charge in [0.1, 0.15) is 12.1 Å². The van der Waals surface area contributed by atoms with Crippen LogP contribution in [0.1, 0.15) is 38.2 Å². The summed E-state index contributed by atoms with van der Waals surface area (Å²) in [4.78, 5) is 11.2. The van der Waals surface area contributed by atoms with Gasteiger partial charge in [0.2, 0.25) is 0 Å². The predicted molar refractivity (Wildman–Crippen MR) is 73.9 cm³/mol. The van der Waals surface area contributed by atoms with Crippen LogP contribution in [-0.4, -0.2) is 25.8 Å². The topological polar surface area (TPSA) is 35.5 Å². The molecule has 20 heavy (non-hydrogen) atoms. The molecule has 2 rings (SSSR count). The lowest BCUT2D eigenvalue weighted by Crippen LogP contribution is -2.37. The van der Waals surface area contributed by atoms with Crippen molar-refractivity contribution in [2.45, 2.75) is 38.9 Å². The molecule has 3 nitrogen and oxygen atoms in total. The zero-order valence-corrected chi connectivity index (χ0v) is 12.0. The molecule has 0 spiro atoms. The maximum atomic E-state index is 13.7. The first-order valence-corrected chi connectivity index (χ1v) is 6.95. The molecular formula is C16H21FO3. The van der Waals surface area contributed by atoms with Crippen LogP contribution >= 0.6 is 0 Å². The number of halogens is 1. The van der Waals surface area contributed by atoms with Crippen molar-refractivity contribution in [1.29, 1.82) is 0 Å². The number of hydrogen-bond acceptors (Lipinski definition) is 3. The van der Waals surface area contributed by atoms with Crippen LogP contribution < -0.4 is 0 Å². The van der Waals surface area contributed by atoms with E-state index >= 15 is 0 Å². The quantitative estimate of drug-likeness (QED) is 0.776. The average molecular weight is 280 g/mol. The Bertz CT molecular complexity index is 449. The highest BCUT2D eigenvalue weighted by Crippen LogP contribution is 2.28. The van der Waals surface area contributed by atoms with Crippen LogP contribution in [0.3, 0.4) is 0 Å². The lowest BCUT2D eigenvalue weighted by atomic mass is 9.93. The Labute approximate surface area is 119 Å². The number of rotatable bonds is 5. The van der Waals surface area contributed by atoms with Crippen molar-refractivity contribution >= 4 is 6.29 Å². The number of hydrogen-bond donors (Lipinski definition) is 0. The van der Waals surface area contributed by atoms with Gasteiger partial charge >= 0.3 is 0 Å². The van der Waals surface area contributed by atoms with Crippen molar-refractivity contribution in [3.63, 3.8) is 0 Å². The zero-order chi connectivity index (χ0) is 14.6. The highest BCUT2D eigenvalue weighted by atomic mass is 19.1. The molecular weight excluding hydrogens is 259 g/mol. The standard InChI is InChI=1S/C16H21FO3/c1-16(2)10-19-15(20-11-16)8-7-12(9-18)13-5-3-4-6-14(13)17/h3-6,9,12,15H,7-8,10-11H2,1-2H3. The van der Waals surface area contributed by atoms with Gasteiger partial charge in [0.05, 0.1) is 13.2 Å². The fourth-order valence-electron chi connectivity index (χ4n) is 2.28. The molecule has 1 unspecified atom stereocenters. The molecule has 1 heterocycles. The summed E-state index contributed by atoms with van der Waals surface area (Å²) in [7, 11) is 0. The summed E-state index contributed by atoms with van der Waals surface area (Å²) in [6, 6.07) is 6.39. The number of benzene rings is 1. The molecule has 0 aromatic heterocycles. The molecule has 4 heteroatoms. The van der Waals surface area contributed by atoms with Gasteiger partial charge in [-0.15, -0.1) is 0 Å². The fraction of sp³-hybridized carbons (Fsp3) is 0.562. The second-order valence-corrected chi connectivity index (χ2v) is 6.06. The van der Waals surface area contributed by atoms with E-state index in [4.69, 9.17) is 9.47 Å². The molecule has 110 valence electrons. The van der Waals surface area contributed by atoms with E-state index in [9.17, 15) is 9.18 Å². The molecule has 0 radical (unpaired) electrons. The second-order valence-electron chi connectivity index (χ2n) is 6.06. The Kier molecular flexibility index (Phi) is 4.89. The van der Waals surface area contributed by atoms with Crippen LogP contribution in [0.15, 0.2) is 24.3 Å². The van der Waals surface area contributed by atoms with Gasteiger partial charge < -0.3 is 14.3 Å². The number of carbonyl (C=O) groups excluding carboxylic acids is 1. The van der Waals surface area contributed by atoms with E-state index in [1.54, 1.807) is 18.2 Å². The minimum Gasteiger partial charge on any atom is -0.352 e. The SMILES string of the molecule is CC1(C)COC(CCC(C=O)c2ccccc2F)OC1. The summed E-state index contributed by atoms with van der Waals surface area (Å²) in [6.45, 7) is 5.44. The van der Waals surface area contributed by atoms with Crippen LogP contribution in [0.5, 0.6) is 0 Å². The summed E-state index contributed by atoms with van der Waals surface area (Å²) >= 11 is 0. The Morgan fingerprint density at radius 2 is 2.00 bits per heavy atom. The molecule has 0 aliphatic carbocycles. The highest BCUT2D eigenvalue weighted by Gasteiger charge is 2.28. The number of aldehydes is 1. The van der Waals surface area contributed by atoms with E-state index in [1.807, 2.05) is 0 Å². The second kappa shape index (κ2) is 6.46. The lowest BCUT2D eigenvalue weighted by Gasteiger charge is -2.34. The molecule has 1 aliphatic rings. The summed E-state index contributed by atoms with van der Waals surface area (Å²) in [6.07, 6.45) is 1.62. The monoisotopic (exact) mass is 280 g/mol. The molecule has 1 atom stereocenters. The summed E-state index contributed by atoms with van der Waals surface area (Å²) in [5.41, 5.74) is 0.477. The molecule has 0 amide bonds. The molecule has 1 saturated heterocycles. The van der Waals surface area contributed by atoms with E-state index in [1.165, 1.54) is 6.07 Å². The van der Waals surface area contributed by atoms with Crippen molar-refractivity contribution in [2.75, 3.05) is 13.2 Å². The van der Waals surface area contributed by atoms with Crippen LogP contribution in [-0.2, 0) is 14.3 Å². The molecule has 1 aromatic carbocycles. The Hall–Kier alpha value is -1.26. The molecule has 0 saturated carbocycles. The normalized spacial score (nSPS) is 20.6. The predicted octanol–water partition coefficient (Wildman–Crippen LogP) is 3.29. The van der Waals surface area contributed by atoms with Crippen molar-refractivity contribution in [2.24, 2.45) is 5.41 Å². The molecule has 0 bridgehead atoms. The van der Waals surface area contributed by atoms with Gasteiger partial charge in [-0.3, -0.25) is 0 Å². The van der Waals surface area contributed by atoms with Gasteiger partial charge in [-0.25, -0.2) is 4.39 Å². The first-order valence-electron chi connectivity index (χ1n) is 6.95. The zero-order valence-electron chi connectivity index (χ0n) is 12.0. The van der Waals surface area contributed by atoms with Crippen LogP contribution in [0.4, 0.5) is 4.39 Å². The Balaban J connectivity index is 1.89. The van der Waals surface area contributed by atoms with Crippen LogP contribution in [0.2, 0.25) is 0 Å². The van der Waals surface area contributed by atoms with Crippen LogP contribution in [0, 0.1) is 11.2 Å². The highest BCUT2D eigenvalue weighted by molar-refractivity contribution is 5.62. The fourth-order valence-corrected chi connectivity index (χ4v) is 2.28. The Morgan fingerprint density at radius 3 is 2.60 bits per heavy atom. The van der Waals surface area contributed by atoms with Gasteiger partial charge in [0.25, 0.3) is 0 Å². The van der Waals surface area contributed by atoms with Crippen molar-refractivity contribution in [3.05, 3.63) is 35.6 Å². The third kappa shape index (κ3) is 3.87. The number of ether oxygens (including phenoxy) is 2. The molecule has 1 fully saturated rings. The molecule has 1 aliphatic heterocycles. The van der Waals surface area contributed by atoms with Crippen LogP contribution in [0.25, 0.3) is 0 Å². The van der Waals surface area contributed by atoms with E-state index in [0.717, 1.165) is 6.29 Å². The van der Waals surface area contributed by atoms with Crippen molar-refractivity contribution in [1.82, 2.24) is 0 Å². The number of carbonyl (C=O) groups is 1. The van der Waals surface area contributed by atoms with E-state index in [0.29, 0.717) is 31.6 Å². The third-order valence-corrected chi connectivity index (χ3v) is 3.50. The van der Waals surface area contributed by atoms with Gasteiger partial charge in [0, 0.05) is 11.3 Å². The average Bonchev–Trinajstić information content (AvgIpc) is 2.43. The van der Waals surface area contributed by atoms with Crippen molar-refractivity contribution in [3.8, 4) is 0 Å². The third-order valence-electron chi connectivity index (χ3n) is 3.50. The lowest BCUT2D eigenvalue weighted by molar-refractivity contribution is -0.224. The first kappa shape index (κ1) is 15.1. The van der Waals surface area contributed by atoms with Gasteiger partial charge in [0.15, 0.2) is 6.29 Å². The van der Waals surface area contributed by atoms with Gasteiger partial charge in [-0.1, -0.05) is 32.0 Å². The van der Waals surface area contributed by atoms with Gasteiger partial charge in [-0.05, 0) is 24.5 Å². The van der Waals surface area contributed by atoms with Crippen molar-refractivity contribution < 1.29 is 18.7 Å². The Morgan fingerprint density at radius 1 is 1.35 bits per heavy atom. The molecule has 1 aromatic rings. The maximum absolute atomic E-state index is 13.7. The molecule has 0 N–H and O–H groups in total. The summed E-state index contributed by atoms with van der Waals surface area (Å²) in [5, 5.41) is 0. The largest absolute Gasteiger partial charge is 0.352 e.